The maximum atomic E-state index is 10.2. The summed E-state index contributed by atoms with van der Waals surface area (Å²) >= 11 is 6.13. The topological polar surface area (TPSA) is 42.8 Å². The Kier molecular flexibility index (Phi) is 8.06. The summed E-state index contributed by atoms with van der Waals surface area (Å²) in [5, 5.41) is 11.0. The van der Waals surface area contributed by atoms with Crippen LogP contribution in [0.1, 0.15) is 32.3 Å². The van der Waals surface area contributed by atoms with Crippen LogP contribution in [-0.4, -0.2) is 77.3 Å². The van der Waals surface area contributed by atoms with E-state index in [1.54, 1.807) is 0 Å². The highest BCUT2D eigenvalue weighted by Crippen LogP contribution is 2.28. The van der Waals surface area contributed by atoms with Crippen LogP contribution in [-0.2, 0) is 6.42 Å². The molecule has 0 aliphatic carbocycles. The average Bonchev–Trinajstić information content (AvgIpc) is 2.81. The van der Waals surface area contributed by atoms with Crippen molar-refractivity contribution >= 4 is 17.4 Å². The SMILES string of the molecule is CC(C)CN1C[C@H](Cc2ccc(Cl)cc2)N(C2CCN(c3ccccn3)CC2)C[C@@H]1CO. The Morgan fingerprint density at radius 1 is 1.03 bits per heavy atom. The number of aliphatic hydroxyl groups is 1. The highest BCUT2D eigenvalue weighted by Gasteiger charge is 2.38. The van der Waals surface area contributed by atoms with Gasteiger partial charge in [-0.1, -0.05) is 43.6 Å². The highest BCUT2D eigenvalue weighted by atomic mass is 35.5. The van der Waals surface area contributed by atoms with Gasteiger partial charge < -0.3 is 10.0 Å². The monoisotopic (exact) mass is 456 g/mol. The van der Waals surface area contributed by atoms with E-state index in [4.69, 9.17) is 11.6 Å². The van der Waals surface area contributed by atoms with Crippen molar-refractivity contribution < 1.29 is 5.11 Å². The second-order valence-corrected chi connectivity index (χ2v) is 10.2. The Labute approximate surface area is 198 Å². The molecule has 0 radical (unpaired) electrons. The lowest BCUT2D eigenvalue weighted by Gasteiger charge is -2.51. The molecule has 2 aromatic rings. The second kappa shape index (κ2) is 11.0. The number of piperidine rings is 1. The fourth-order valence-corrected chi connectivity index (χ4v) is 5.51. The number of nitrogens with zero attached hydrogens (tertiary/aromatic N) is 4. The van der Waals surface area contributed by atoms with E-state index < -0.39 is 0 Å². The van der Waals surface area contributed by atoms with Gasteiger partial charge in [0.05, 0.1) is 6.61 Å². The number of aromatic nitrogens is 1. The van der Waals surface area contributed by atoms with Crippen LogP contribution < -0.4 is 4.90 Å². The molecule has 1 N–H and O–H groups in total. The second-order valence-electron chi connectivity index (χ2n) is 9.77. The third kappa shape index (κ3) is 5.82. The number of rotatable bonds is 7. The average molecular weight is 457 g/mol. The summed E-state index contributed by atoms with van der Waals surface area (Å²) in [6, 6.07) is 15.7. The van der Waals surface area contributed by atoms with Crippen molar-refractivity contribution in [1.82, 2.24) is 14.8 Å². The van der Waals surface area contributed by atoms with Gasteiger partial charge in [0.15, 0.2) is 0 Å². The van der Waals surface area contributed by atoms with Crippen LogP contribution in [0.15, 0.2) is 48.7 Å². The fourth-order valence-electron chi connectivity index (χ4n) is 5.39. The lowest BCUT2D eigenvalue weighted by molar-refractivity contribution is -0.0267. The van der Waals surface area contributed by atoms with Crippen molar-refractivity contribution in [2.45, 2.75) is 51.2 Å². The van der Waals surface area contributed by atoms with Crippen LogP contribution in [0.2, 0.25) is 5.02 Å². The van der Waals surface area contributed by atoms with Gasteiger partial charge in [0, 0.05) is 62.1 Å². The number of hydrogen-bond donors (Lipinski definition) is 1. The van der Waals surface area contributed by atoms with Crippen LogP contribution >= 0.6 is 11.6 Å². The Bertz CT molecular complexity index is 823. The number of hydrogen-bond acceptors (Lipinski definition) is 5. The quantitative estimate of drug-likeness (QED) is 0.683. The first kappa shape index (κ1) is 23.5. The summed E-state index contributed by atoms with van der Waals surface area (Å²) in [7, 11) is 0. The minimum absolute atomic E-state index is 0.215. The standard InChI is InChI=1S/C26H37ClN4O/c1-20(2)16-30-17-24(15-21-6-8-22(27)9-7-21)31(18-25(30)19-32)23-10-13-29(14-11-23)26-5-3-4-12-28-26/h3-9,12,20,23-25,32H,10-11,13-19H2,1-2H3/t24-,25+/m0/s1. The molecule has 1 aromatic heterocycles. The molecule has 2 aliphatic heterocycles. The molecule has 1 aromatic carbocycles. The van der Waals surface area contributed by atoms with Crippen molar-refractivity contribution in [3.05, 3.63) is 59.2 Å². The molecule has 32 heavy (non-hydrogen) atoms. The number of halogens is 1. The van der Waals surface area contributed by atoms with Crippen molar-refractivity contribution in [1.29, 1.82) is 0 Å². The van der Waals surface area contributed by atoms with Gasteiger partial charge in [0.1, 0.15) is 5.82 Å². The molecule has 174 valence electrons. The number of pyridine rings is 1. The molecule has 2 fully saturated rings. The van der Waals surface area contributed by atoms with Gasteiger partial charge >= 0.3 is 0 Å². The van der Waals surface area contributed by atoms with E-state index in [2.05, 4.69) is 57.8 Å². The molecule has 0 bridgehead atoms. The first-order valence-corrected chi connectivity index (χ1v) is 12.4. The number of piperazine rings is 1. The van der Waals surface area contributed by atoms with Gasteiger partial charge in [-0.3, -0.25) is 9.80 Å². The molecule has 2 aliphatic rings. The molecule has 2 atom stereocenters. The van der Waals surface area contributed by atoms with Crippen molar-refractivity contribution in [3.8, 4) is 0 Å². The molecule has 0 amide bonds. The first-order valence-electron chi connectivity index (χ1n) is 12.0. The van der Waals surface area contributed by atoms with E-state index in [0.717, 1.165) is 62.8 Å². The molecular formula is C26H37ClN4O. The Morgan fingerprint density at radius 2 is 1.78 bits per heavy atom. The van der Waals surface area contributed by atoms with Gasteiger partial charge in [0.25, 0.3) is 0 Å². The van der Waals surface area contributed by atoms with E-state index in [9.17, 15) is 5.11 Å². The predicted molar refractivity (Wildman–Crippen MR) is 132 cm³/mol. The van der Waals surface area contributed by atoms with Crippen molar-refractivity contribution in [3.63, 3.8) is 0 Å². The lowest BCUT2D eigenvalue weighted by Crippen LogP contribution is -2.64. The summed E-state index contributed by atoms with van der Waals surface area (Å²) in [4.78, 5) is 12.2. The van der Waals surface area contributed by atoms with Gasteiger partial charge in [-0.25, -0.2) is 4.98 Å². The fraction of sp³-hybridized carbons (Fsp3) is 0.577. The number of anilines is 1. The van der Waals surface area contributed by atoms with Gasteiger partial charge in [-0.05, 0) is 55.0 Å². The molecule has 3 heterocycles. The maximum Gasteiger partial charge on any atom is 0.128 e. The van der Waals surface area contributed by atoms with E-state index in [1.165, 1.54) is 5.56 Å². The summed E-state index contributed by atoms with van der Waals surface area (Å²) in [5.41, 5.74) is 1.34. The van der Waals surface area contributed by atoms with E-state index in [1.807, 2.05) is 24.4 Å². The first-order chi connectivity index (χ1) is 15.5. The third-order valence-corrected chi connectivity index (χ3v) is 7.21. The molecule has 5 nitrogen and oxygen atoms in total. The van der Waals surface area contributed by atoms with E-state index >= 15 is 0 Å². The zero-order chi connectivity index (χ0) is 22.5. The zero-order valence-electron chi connectivity index (χ0n) is 19.4. The molecule has 6 heteroatoms. The van der Waals surface area contributed by atoms with Gasteiger partial charge in [-0.15, -0.1) is 0 Å². The Hall–Kier alpha value is -1.66. The Balaban J connectivity index is 1.48. The van der Waals surface area contributed by atoms with Crippen LogP contribution in [0.3, 0.4) is 0 Å². The van der Waals surface area contributed by atoms with Gasteiger partial charge in [-0.2, -0.15) is 0 Å². The van der Waals surface area contributed by atoms with E-state index in [-0.39, 0.29) is 12.6 Å². The number of aliphatic hydroxyl groups excluding tert-OH is 1. The lowest BCUT2D eigenvalue weighted by atomic mass is 9.93. The largest absolute Gasteiger partial charge is 0.395 e. The summed E-state index contributed by atoms with van der Waals surface area (Å²) in [6.45, 7) is 9.81. The van der Waals surface area contributed by atoms with Crippen LogP contribution in [0.4, 0.5) is 5.82 Å². The van der Waals surface area contributed by atoms with Crippen LogP contribution in [0.5, 0.6) is 0 Å². The summed E-state index contributed by atoms with van der Waals surface area (Å²) in [6.07, 6.45) is 5.17. The minimum atomic E-state index is 0.215. The van der Waals surface area contributed by atoms with E-state index in [0.29, 0.717) is 18.0 Å². The predicted octanol–water partition coefficient (Wildman–Crippen LogP) is 3.95. The van der Waals surface area contributed by atoms with Crippen LogP contribution in [0.25, 0.3) is 0 Å². The summed E-state index contributed by atoms with van der Waals surface area (Å²) in [5.74, 6) is 1.67. The van der Waals surface area contributed by atoms with Crippen molar-refractivity contribution in [2.24, 2.45) is 5.92 Å². The smallest absolute Gasteiger partial charge is 0.128 e. The minimum Gasteiger partial charge on any atom is -0.395 e. The van der Waals surface area contributed by atoms with Gasteiger partial charge in [0.2, 0.25) is 0 Å². The molecule has 0 unspecified atom stereocenters. The highest BCUT2D eigenvalue weighted by molar-refractivity contribution is 6.30. The van der Waals surface area contributed by atoms with Crippen LogP contribution in [0, 0.1) is 5.92 Å². The molecule has 4 rings (SSSR count). The maximum absolute atomic E-state index is 10.2. The normalized spacial score (nSPS) is 23.7. The zero-order valence-corrected chi connectivity index (χ0v) is 20.2. The Morgan fingerprint density at radius 3 is 2.41 bits per heavy atom. The third-order valence-electron chi connectivity index (χ3n) is 6.95. The summed E-state index contributed by atoms with van der Waals surface area (Å²) < 4.78 is 0. The molecule has 0 spiro atoms. The molecular weight excluding hydrogens is 420 g/mol. The molecule has 2 saturated heterocycles. The molecule has 0 saturated carbocycles. The van der Waals surface area contributed by atoms with Crippen molar-refractivity contribution in [2.75, 3.05) is 44.2 Å². The number of benzene rings is 1.